The number of nitrogens with two attached hydrogens (primary N) is 1. The summed E-state index contributed by atoms with van der Waals surface area (Å²) in [6, 6.07) is 1.85. The number of anilines is 1. The first-order valence-corrected chi connectivity index (χ1v) is 5.92. The van der Waals surface area contributed by atoms with Crippen molar-refractivity contribution in [2.75, 3.05) is 5.32 Å². The molecule has 1 unspecified atom stereocenters. The Morgan fingerprint density at radius 2 is 1.94 bits per heavy atom. The highest BCUT2D eigenvalue weighted by molar-refractivity contribution is 5.94. The van der Waals surface area contributed by atoms with Crippen molar-refractivity contribution in [3.8, 4) is 0 Å². The number of carbonyl (C=O) groups is 1. The molecule has 1 aromatic rings. The Labute approximate surface area is 105 Å². The van der Waals surface area contributed by atoms with Crippen LogP contribution in [0.25, 0.3) is 0 Å². The van der Waals surface area contributed by atoms with Gasteiger partial charge in [-0.1, -0.05) is 20.8 Å². The Hall–Kier alpha value is -1.65. The van der Waals surface area contributed by atoms with E-state index in [-0.39, 0.29) is 23.2 Å². The first kappa shape index (κ1) is 14.4. The summed E-state index contributed by atoms with van der Waals surface area (Å²) in [5, 5.41) is 2.97. The Bertz CT molecular complexity index is 447. The second-order valence-corrected chi connectivity index (χ2v) is 4.58. The van der Waals surface area contributed by atoms with Gasteiger partial charge in [-0.25, -0.2) is 8.78 Å². The van der Waals surface area contributed by atoms with Gasteiger partial charge in [-0.2, -0.15) is 0 Å². The van der Waals surface area contributed by atoms with Crippen LogP contribution in [0.2, 0.25) is 0 Å². The summed E-state index contributed by atoms with van der Waals surface area (Å²) in [7, 11) is 0. The van der Waals surface area contributed by atoms with Gasteiger partial charge in [0.1, 0.15) is 11.6 Å². The molecule has 0 aliphatic rings. The third-order valence-corrected chi connectivity index (χ3v) is 2.91. The highest BCUT2D eigenvalue weighted by atomic mass is 19.1. The summed E-state index contributed by atoms with van der Waals surface area (Å²) in [5.74, 6) is -2.29. The molecule has 1 rings (SSSR count). The van der Waals surface area contributed by atoms with Gasteiger partial charge < -0.3 is 11.1 Å². The number of nitrogens with one attached hydrogen (secondary N) is 1. The summed E-state index contributed by atoms with van der Waals surface area (Å²) in [5.41, 5.74) is 4.82. The van der Waals surface area contributed by atoms with Crippen LogP contribution >= 0.6 is 0 Å². The summed E-state index contributed by atoms with van der Waals surface area (Å²) in [6.45, 7) is 5.96. The molecule has 18 heavy (non-hydrogen) atoms. The zero-order chi connectivity index (χ0) is 13.9. The van der Waals surface area contributed by atoms with E-state index < -0.39 is 17.5 Å². The highest BCUT2D eigenvalue weighted by Crippen LogP contribution is 2.22. The molecule has 0 aliphatic carbocycles. The van der Waals surface area contributed by atoms with E-state index in [1.807, 2.05) is 20.8 Å². The van der Waals surface area contributed by atoms with Gasteiger partial charge in [-0.05, 0) is 18.4 Å². The fourth-order valence-corrected chi connectivity index (χ4v) is 1.79. The molecule has 1 aromatic carbocycles. The van der Waals surface area contributed by atoms with Gasteiger partial charge in [0.2, 0.25) is 0 Å². The molecule has 0 fully saturated rings. The van der Waals surface area contributed by atoms with Crippen LogP contribution < -0.4 is 11.1 Å². The van der Waals surface area contributed by atoms with E-state index in [0.29, 0.717) is 6.07 Å². The van der Waals surface area contributed by atoms with E-state index in [9.17, 15) is 13.6 Å². The molecular weight excluding hydrogens is 238 g/mol. The lowest BCUT2D eigenvalue weighted by atomic mass is 10.0. The third kappa shape index (κ3) is 3.18. The predicted octanol–water partition coefficient (Wildman–Crippen LogP) is 2.91. The van der Waals surface area contributed by atoms with Gasteiger partial charge >= 0.3 is 0 Å². The zero-order valence-corrected chi connectivity index (χ0v) is 10.8. The molecule has 1 amide bonds. The molecule has 0 heterocycles. The van der Waals surface area contributed by atoms with E-state index in [1.54, 1.807) is 0 Å². The van der Waals surface area contributed by atoms with Gasteiger partial charge in [-0.15, -0.1) is 0 Å². The predicted molar refractivity (Wildman–Crippen MR) is 67.4 cm³/mol. The number of carbonyl (C=O) groups excluding carboxylic acids is 1. The van der Waals surface area contributed by atoms with Crippen molar-refractivity contribution in [1.82, 2.24) is 0 Å². The smallest absolute Gasteiger partial charge is 0.251 e. The average molecular weight is 256 g/mol. The molecule has 0 aromatic heterocycles. The van der Waals surface area contributed by atoms with Crippen LogP contribution in [0.5, 0.6) is 0 Å². The molecule has 0 spiro atoms. The Morgan fingerprint density at radius 3 is 2.39 bits per heavy atom. The van der Waals surface area contributed by atoms with E-state index in [1.165, 1.54) is 0 Å². The van der Waals surface area contributed by atoms with Gasteiger partial charge in [0, 0.05) is 12.1 Å². The number of amides is 1. The quantitative estimate of drug-likeness (QED) is 0.851. The highest BCUT2D eigenvalue weighted by Gasteiger charge is 2.17. The number of hydrogen-bond donors (Lipinski definition) is 2. The normalized spacial score (nSPS) is 12.6. The van der Waals surface area contributed by atoms with Crippen LogP contribution in [0, 0.1) is 17.6 Å². The molecule has 3 N–H and O–H groups in total. The number of hydrogen-bond acceptors (Lipinski definition) is 2. The molecule has 0 aliphatic heterocycles. The van der Waals surface area contributed by atoms with Crippen molar-refractivity contribution in [3.05, 3.63) is 29.3 Å². The largest absolute Gasteiger partial charge is 0.380 e. The molecule has 3 nitrogen and oxygen atoms in total. The molecule has 100 valence electrons. The Kier molecular flexibility index (Phi) is 4.64. The standard InChI is InChI=1S/C13H18F2N2O/c1-4-11(7(2)3)17-12-5-8(13(16)18)9(14)6-10(12)15/h5-7,11,17H,4H2,1-3H3,(H2,16,18). The molecule has 5 heteroatoms. The number of rotatable bonds is 5. The first-order valence-electron chi connectivity index (χ1n) is 5.92. The molecular formula is C13H18F2N2O. The second-order valence-electron chi connectivity index (χ2n) is 4.58. The Balaban J connectivity index is 3.09. The molecule has 0 saturated carbocycles. The maximum atomic E-state index is 13.6. The molecule has 1 atom stereocenters. The van der Waals surface area contributed by atoms with E-state index in [4.69, 9.17) is 5.73 Å². The SMILES string of the molecule is CCC(Nc1cc(C(N)=O)c(F)cc1F)C(C)C. The van der Waals surface area contributed by atoms with Crippen molar-refractivity contribution < 1.29 is 13.6 Å². The lowest BCUT2D eigenvalue weighted by Crippen LogP contribution is -2.25. The van der Waals surface area contributed by atoms with Crippen LogP contribution in [0.1, 0.15) is 37.6 Å². The second kappa shape index (κ2) is 5.80. The minimum Gasteiger partial charge on any atom is -0.380 e. The molecule has 0 bridgehead atoms. The van der Waals surface area contributed by atoms with Crippen LogP contribution in [-0.2, 0) is 0 Å². The number of halogens is 2. The number of benzene rings is 1. The summed E-state index contributed by atoms with van der Waals surface area (Å²) in [6.07, 6.45) is 0.792. The van der Waals surface area contributed by atoms with Gasteiger partial charge in [0.05, 0.1) is 11.3 Å². The van der Waals surface area contributed by atoms with Crippen LogP contribution in [0.4, 0.5) is 14.5 Å². The van der Waals surface area contributed by atoms with Gasteiger partial charge in [-0.3, -0.25) is 4.79 Å². The monoisotopic (exact) mass is 256 g/mol. The van der Waals surface area contributed by atoms with Crippen molar-refractivity contribution in [1.29, 1.82) is 0 Å². The van der Waals surface area contributed by atoms with Crippen molar-refractivity contribution in [2.24, 2.45) is 11.7 Å². The average Bonchev–Trinajstić information content (AvgIpc) is 2.26. The summed E-state index contributed by atoms with van der Waals surface area (Å²) < 4.78 is 26.9. The van der Waals surface area contributed by atoms with Crippen molar-refractivity contribution >= 4 is 11.6 Å². The maximum absolute atomic E-state index is 13.6. The lowest BCUT2D eigenvalue weighted by Gasteiger charge is -2.22. The summed E-state index contributed by atoms with van der Waals surface area (Å²) in [4.78, 5) is 11.0. The fraction of sp³-hybridized carbons (Fsp3) is 0.462. The number of primary amides is 1. The molecule has 0 radical (unpaired) electrons. The van der Waals surface area contributed by atoms with Crippen LogP contribution in [0.3, 0.4) is 0 Å². The fourth-order valence-electron chi connectivity index (χ4n) is 1.79. The van der Waals surface area contributed by atoms with Gasteiger partial charge in [0.15, 0.2) is 0 Å². The van der Waals surface area contributed by atoms with E-state index in [0.717, 1.165) is 12.5 Å². The minimum atomic E-state index is -0.942. The van der Waals surface area contributed by atoms with Crippen LogP contribution in [-0.4, -0.2) is 11.9 Å². The van der Waals surface area contributed by atoms with Crippen molar-refractivity contribution in [2.45, 2.75) is 33.2 Å². The van der Waals surface area contributed by atoms with Crippen LogP contribution in [0.15, 0.2) is 12.1 Å². The van der Waals surface area contributed by atoms with Gasteiger partial charge in [0.25, 0.3) is 5.91 Å². The molecule has 0 saturated heterocycles. The minimum absolute atomic E-state index is 0.0469. The van der Waals surface area contributed by atoms with Crippen molar-refractivity contribution in [3.63, 3.8) is 0 Å². The van der Waals surface area contributed by atoms with E-state index in [2.05, 4.69) is 5.32 Å². The van der Waals surface area contributed by atoms with E-state index >= 15 is 0 Å². The lowest BCUT2D eigenvalue weighted by molar-refractivity contribution is 0.0996. The third-order valence-electron chi connectivity index (χ3n) is 2.91. The summed E-state index contributed by atoms with van der Waals surface area (Å²) >= 11 is 0. The zero-order valence-electron chi connectivity index (χ0n) is 10.8. The maximum Gasteiger partial charge on any atom is 0.251 e. The topological polar surface area (TPSA) is 55.1 Å². The Morgan fingerprint density at radius 1 is 1.33 bits per heavy atom. The first-order chi connectivity index (χ1) is 8.36.